The van der Waals surface area contributed by atoms with Gasteiger partial charge in [-0.2, -0.15) is 0 Å². The predicted octanol–water partition coefficient (Wildman–Crippen LogP) is 6.20. The first kappa shape index (κ1) is 31.9. The summed E-state index contributed by atoms with van der Waals surface area (Å²) in [4.78, 5) is 9.34. The first-order chi connectivity index (χ1) is 17.5. The second kappa shape index (κ2) is 22.1. The number of rotatable bonds is 20. The van der Waals surface area contributed by atoms with Gasteiger partial charge < -0.3 is 15.0 Å². The van der Waals surface area contributed by atoms with E-state index in [9.17, 15) is 9.90 Å². The van der Waals surface area contributed by atoms with E-state index >= 15 is 0 Å². The number of aromatic nitrogens is 2. The topological polar surface area (TPSA) is 69.2 Å². The number of nitrogens with zero attached hydrogens (tertiary/aromatic N) is 2. The molecule has 0 bridgehead atoms. The Bertz CT molecular complexity index is 758. The van der Waals surface area contributed by atoms with E-state index in [4.69, 9.17) is 5.11 Å². The second-order valence-corrected chi connectivity index (χ2v) is 10.1. The van der Waals surface area contributed by atoms with Gasteiger partial charge in [0.05, 0.1) is 18.6 Å². The zero-order valence-corrected chi connectivity index (χ0v) is 23.1. The van der Waals surface area contributed by atoms with Gasteiger partial charge in [0, 0.05) is 0 Å². The second-order valence-electron chi connectivity index (χ2n) is 10.1. The van der Waals surface area contributed by atoms with Crippen LogP contribution in [0.25, 0.3) is 0 Å². The minimum atomic E-state index is -1.44. The van der Waals surface area contributed by atoms with E-state index in [1.165, 1.54) is 108 Å². The molecule has 1 N–H and O–H groups in total. The monoisotopic (exact) mass is 500 g/mol. The molecule has 1 aromatic heterocycles. The van der Waals surface area contributed by atoms with Gasteiger partial charge in [-0.1, -0.05) is 127 Å². The Morgan fingerprint density at radius 1 is 0.833 bits per heavy atom. The zero-order valence-electron chi connectivity index (χ0n) is 23.1. The minimum absolute atomic E-state index is 0.965. The highest BCUT2D eigenvalue weighted by Gasteiger charge is 2.04. The molecule has 1 unspecified atom stereocenters. The molecule has 0 aliphatic rings. The van der Waals surface area contributed by atoms with E-state index in [-0.39, 0.29) is 0 Å². The minimum Gasteiger partial charge on any atom is -0.547 e. The van der Waals surface area contributed by atoms with Gasteiger partial charge in [0.25, 0.3) is 0 Å². The highest BCUT2D eigenvalue weighted by Crippen LogP contribution is 2.13. The average molecular weight is 501 g/mol. The van der Waals surface area contributed by atoms with Gasteiger partial charge in [0.2, 0.25) is 6.33 Å². The largest absolute Gasteiger partial charge is 0.547 e. The van der Waals surface area contributed by atoms with Gasteiger partial charge in [-0.25, -0.2) is 9.13 Å². The molecule has 1 atom stereocenters. The maximum Gasteiger partial charge on any atom is 0.244 e. The number of aryl methyl sites for hydroxylation is 1. The number of benzene rings is 1. The van der Waals surface area contributed by atoms with Crippen LogP contribution < -0.4 is 9.67 Å². The Morgan fingerprint density at radius 3 is 1.72 bits per heavy atom. The molecule has 1 heterocycles. The fourth-order valence-electron chi connectivity index (χ4n) is 4.30. The number of aliphatic carboxylic acids is 1. The normalized spacial score (nSPS) is 11.6. The number of aliphatic hydroxyl groups is 1. The number of carboxylic acid groups (broad SMARTS) is 1. The number of imidazole rings is 1. The van der Waals surface area contributed by atoms with E-state index in [0.717, 1.165) is 20.0 Å². The fraction of sp³-hybridized carbons (Fsp3) is 0.677. The van der Waals surface area contributed by atoms with Gasteiger partial charge in [0.1, 0.15) is 18.9 Å². The van der Waals surface area contributed by atoms with E-state index in [1.807, 2.05) is 0 Å². The molecule has 0 radical (unpaired) electrons. The molecule has 0 amide bonds. The van der Waals surface area contributed by atoms with Crippen molar-refractivity contribution in [2.75, 3.05) is 0 Å². The third-order valence-electron chi connectivity index (χ3n) is 6.57. The number of carbonyl (C=O) groups is 1. The molecule has 0 aliphatic heterocycles. The van der Waals surface area contributed by atoms with Gasteiger partial charge in [-0.15, -0.1) is 0 Å². The van der Waals surface area contributed by atoms with Crippen molar-refractivity contribution in [3.63, 3.8) is 0 Å². The van der Waals surface area contributed by atoms with Crippen molar-refractivity contribution in [1.29, 1.82) is 0 Å². The number of unbranched alkanes of at least 4 members (excludes halogenated alkanes) is 15. The van der Waals surface area contributed by atoms with Crippen molar-refractivity contribution >= 4 is 5.97 Å². The van der Waals surface area contributed by atoms with Crippen LogP contribution in [0.2, 0.25) is 0 Å². The third-order valence-corrected chi connectivity index (χ3v) is 6.57. The van der Waals surface area contributed by atoms with Crippen LogP contribution in [-0.2, 0) is 17.9 Å². The third kappa shape index (κ3) is 18.2. The van der Waals surface area contributed by atoms with Crippen LogP contribution in [0.15, 0.2) is 49.1 Å². The molecule has 0 saturated heterocycles. The SMILES string of the molecule is CC(O)C(=O)[O-].CCCCCCCCCCCCCCCCCCn1cc[n+](Cc2ccccc2)c1. The summed E-state index contributed by atoms with van der Waals surface area (Å²) < 4.78 is 4.62. The summed E-state index contributed by atoms with van der Waals surface area (Å²) in [5.74, 6) is -1.44. The number of hydrogen-bond donors (Lipinski definition) is 1. The molecule has 0 fully saturated rings. The van der Waals surface area contributed by atoms with Crippen LogP contribution in [0, 0.1) is 0 Å². The van der Waals surface area contributed by atoms with E-state index in [2.05, 4.69) is 65.1 Å². The average Bonchev–Trinajstić information content (AvgIpc) is 3.31. The summed E-state index contributed by atoms with van der Waals surface area (Å²) in [5.41, 5.74) is 1.36. The van der Waals surface area contributed by atoms with Gasteiger partial charge in [-0.3, -0.25) is 0 Å². The summed E-state index contributed by atoms with van der Waals surface area (Å²) in [5, 5.41) is 17.3. The quantitative estimate of drug-likeness (QED) is 0.174. The summed E-state index contributed by atoms with van der Waals surface area (Å²) in [7, 11) is 0. The Hall–Kier alpha value is -2.14. The highest BCUT2D eigenvalue weighted by molar-refractivity contribution is 5.68. The predicted molar refractivity (Wildman–Crippen MR) is 146 cm³/mol. The van der Waals surface area contributed by atoms with Crippen LogP contribution >= 0.6 is 0 Å². The number of aliphatic hydroxyl groups excluding tert-OH is 1. The van der Waals surface area contributed by atoms with Gasteiger partial charge in [-0.05, 0) is 25.3 Å². The van der Waals surface area contributed by atoms with Crippen molar-refractivity contribution in [3.05, 3.63) is 54.6 Å². The maximum atomic E-state index is 9.34. The first-order valence-electron chi connectivity index (χ1n) is 14.5. The van der Waals surface area contributed by atoms with E-state index in [0.29, 0.717) is 0 Å². The number of carbonyl (C=O) groups excluding carboxylic acids is 1. The summed E-state index contributed by atoms with van der Waals surface area (Å²) in [6.45, 7) is 5.55. The summed E-state index contributed by atoms with van der Waals surface area (Å²) in [6.07, 6.45) is 28.2. The van der Waals surface area contributed by atoms with E-state index in [1.54, 1.807) is 0 Å². The van der Waals surface area contributed by atoms with Gasteiger partial charge in [0.15, 0.2) is 0 Å². The molecule has 204 valence electrons. The lowest BCUT2D eigenvalue weighted by atomic mass is 10.0. The summed E-state index contributed by atoms with van der Waals surface area (Å²) >= 11 is 0. The van der Waals surface area contributed by atoms with Crippen LogP contribution in [0.1, 0.15) is 122 Å². The lowest BCUT2D eigenvalue weighted by Crippen LogP contribution is -2.32. The van der Waals surface area contributed by atoms with Crippen molar-refractivity contribution < 1.29 is 19.6 Å². The van der Waals surface area contributed by atoms with Crippen LogP contribution in [0.5, 0.6) is 0 Å². The Labute approximate surface area is 220 Å². The Morgan fingerprint density at radius 2 is 1.28 bits per heavy atom. The van der Waals surface area contributed by atoms with Crippen LogP contribution in [-0.4, -0.2) is 21.7 Å². The fourth-order valence-corrected chi connectivity index (χ4v) is 4.30. The smallest absolute Gasteiger partial charge is 0.244 e. The van der Waals surface area contributed by atoms with Crippen LogP contribution in [0.3, 0.4) is 0 Å². The standard InChI is InChI=1S/C28H47N2.C3H6O3/c1-2-3-4-5-6-7-8-9-10-11-12-13-14-15-16-20-23-29-24-25-30(27-29)26-28-21-18-17-19-22-28;1-2(4)3(5)6/h17-19,21-22,24-25,27H,2-16,20,23,26H2,1H3;2,4H,1H3,(H,5,6)/q+1;/p-1. The molecule has 36 heavy (non-hydrogen) atoms. The van der Waals surface area contributed by atoms with Crippen molar-refractivity contribution in [2.45, 2.75) is 136 Å². The Kier molecular flexibility index (Phi) is 19.6. The highest BCUT2D eigenvalue weighted by atomic mass is 16.4. The summed E-state index contributed by atoms with van der Waals surface area (Å²) in [6, 6.07) is 10.7. The molecule has 0 saturated carbocycles. The number of carboxylic acids is 1. The number of hydrogen-bond acceptors (Lipinski definition) is 3. The lowest BCUT2D eigenvalue weighted by Gasteiger charge is -2.03. The van der Waals surface area contributed by atoms with E-state index < -0.39 is 12.1 Å². The Balaban J connectivity index is 0.000000960. The van der Waals surface area contributed by atoms with Crippen LogP contribution in [0.4, 0.5) is 0 Å². The van der Waals surface area contributed by atoms with Crippen molar-refractivity contribution in [3.8, 4) is 0 Å². The maximum absolute atomic E-state index is 9.34. The molecule has 1 aromatic carbocycles. The zero-order chi connectivity index (χ0) is 26.3. The first-order valence-corrected chi connectivity index (χ1v) is 14.5. The lowest BCUT2D eigenvalue weighted by molar-refractivity contribution is -0.687. The van der Waals surface area contributed by atoms with Crippen molar-refractivity contribution in [1.82, 2.24) is 4.57 Å². The molecule has 2 aromatic rings. The van der Waals surface area contributed by atoms with Gasteiger partial charge >= 0.3 is 0 Å². The molecule has 2 rings (SSSR count). The molecular weight excluding hydrogens is 448 g/mol. The molecule has 0 aliphatic carbocycles. The van der Waals surface area contributed by atoms with Crippen molar-refractivity contribution in [2.24, 2.45) is 0 Å². The molecule has 5 nitrogen and oxygen atoms in total. The molecular formula is C31H52N2O3. The molecule has 5 heteroatoms. The molecule has 0 spiro atoms.